The minimum absolute atomic E-state index is 0.308. The number of rotatable bonds is 12. The molecule has 168 valence electrons. The molecule has 31 heavy (non-hydrogen) atoms. The number of allylic oxidation sites excluding steroid dienone is 3. The lowest BCUT2D eigenvalue weighted by molar-refractivity contribution is -0.125. The first kappa shape index (κ1) is 24.1. The summed E-state index contributed by atoms with van der Waals surface area (Å²) in [6, 6.07) is 1.78. The highest BCUT2D eigenvalue weighted by molar-refractivity contribution is 5.42. The molecule has 8 heteroatoms. The third kappa shape index (κ3) is 7.25. The Kier molecular flexibility index (Phi) is 8.81. The third-order valence-electron chi connectivity index (χ3n) is 4.72. The normalized spacial score (nSPS) is 18.2. The van der Waals surface area contributed by atoms with Gasteiger partial charge >= 0.3 is 0 Å². The lowest BCUT2D eigenvalue weighted by Gasteiger charge is -2.39. The van der Waals surface area contributed by atoms with Crippen molar-refractivity contribution in [2.24, 2.45) is 0 Å². The summed E-state index contributed by atoms with van der Waals surface area (Å²) in [6.07, 6.45) is 7.19. The average Bonchev–Trinajstić information content (AvgIpc) is 2.70. The van der Waals surface area contributed by atoms with Crippen molar-refractivity contribution < 1.29 is 19.0 Å². The molecular weight excluding hydrogens is 396 g/mol. The molecule has 1 unspecified atom stereocenters. The number of nitrogens with one attached hydrogen (secondary N) is 1. The fourth-order valence-electron chi connectivity index (χ4n) is 3.00. The molecule has 0 saturated carbocycles. The van der Waals surface area contributed by atoms with Gasteiger partial charge in [0, 0.05) is 38.1 Å². The molecule has 0 aliphatic carbocycles. The average molecular weight is 429 g/mol. The largest absolute Gasteiger partial charge is 0.484 e. The molecule has 8 nitrogen and oxygen atoms in total. The Morgan fingerprint density at radius 1 is 1.39 bits per heavy atom. The maximum atomic E-state index is 10.8. The number of aromatic nitrogens is 2. The van der Waals surface area contributed by atoms with Crippen LogP contribution in [-0.2, 0) is 14.3 Å². The van der Waals surface area contributed by atoms with Crippen molar-refractivity contribution in [3.05, 3.63) is 60.9 Å². The Bertz CT molecular complexity index is 834. The van der Waals surface area contributed by atoms with Crippen molar-refractivity contribution in [2.75, 3.05) is 32.5 Å². The predicted molar refractivity (Wildman–Crippen MR) is 121 cm³/mol. The second kappa shape index (κ2) is 11.3. The molecule has 0 radical (unpaired) electrons. The van der Waals surface area contributed by atoms with E-state index in [-0.39, 0.29) is 6.10 Å². The number of ether oxygens (including phenoxy) is 3. The third-order valence-corrected chi connectivity index (χ3v) is 4.72. The fourth-order valence-corrected chi connectivity index (χ4v) is 3.00. The Morgan fingerprint density at radius 3 is 2.81 bits per heavy atom. The van der Waals surface area contributed by atoms with E-state index in [1.807, 2.05) is 27.9 Å². The van der Waals surface area contributed by atoms with Crippen LogP contribution in [-0.4, -0.2) is 60.2 Å². The van der Waals surface area contributed by atoms with Gasteiger partial charge in [-0.05, 0) is 33.5 Å². The molecule has 1 aliphatic heterocycles. The van der Waals surface area contributed by atoms with Crippen molar-refractivity contribution in [1.29, 1.82) is 0 Å². The van der Waals surface area contributed by atoms with Crippen molar-refractivity contribution in [1.82, 2.24) is 14.9 Å². The summed E-state index contributed by atoms with van der Waals surface area (Å²) in [7, 11) is 4.03. The molecule has 0 aromatic carbocycles. The maximum absolute atomic E-state index is 10.8. The van der Waals surface area contributed by atoms with Crippen molar-refractivity contribution >= 4 is 12.3 Å². The number of hydrogen-bond donors (Lipinski definition) is 1. The van der Waals surface area contributed by atoms with E-state index < -0.39 is 5.60 Å². The van der Waals surface area contributed by atoms with E-state index >= 15 is 0 Å². The van der Waals surface area contributed by atoms with E-state index in [9.17, 15) is 4.79 Å². The molecule has 1 aromatic heterocycles. The van der Waals surface area contributed by atoms with Crippen LogP contribution >= 0.6 is 0 Å². The van der Waals surface area contributed by atoms with Crippen LogP contribution in [0, 0.1) is 0 Å². The number of nitrogens with zero attached hydrogens (tertiary/aromatic N) is 3. The van der Waals surface area contributed by atoms with Crippen molar-refractivity contribution in [3.8, 4) is 5.88 Å². The summed E-state index contributed by atoms with van der Waals surface area (Å²) in [5.74, 6) is 2.19. The Labute approximate surface area is 184 Å². The number of likely N-dealkylation sites (N-methyl/N-ethyl adjacent to an activating group) is 1. The van der Waals surface area contributed by atoms with E-state index in [1.165, 1.54) is 6.33 Å². The van der Waals surface area contributed by atoms with Gasteiger partial charge in [0.1, 0.15) is 35.4 Å². The first-order valence-electron chi connectivity index (χ1n) is 10.1. The highest BCUT2D eigenvalue weighted by Crippen LogP contribution is 2.36. The van der Waals surface area contributed by atoms with Crippen LogP contribution in [0.25, 0.3) is 0 Å². The summed E-state index contributed by atoms with van der Waals surface area (Å²) in [5.41, 5.74) is 0.182. The molecule has 1 aliphatic rings. The molecule has 0 bridgehead atoms. The van der Waals surface area contributed by atoms with Crippen LogP contribution in [0.15, 0.2) is 60.9 Å². The van der Waals surface area contributed by atoms with Crippen LogP contribution in [0.4, 0.5) is 5.82 Å². The lowest BCUT2D eigenvalue weighted by Crippen LogP contribution is -2.46. The standard InChI is InChI=1S/C23H32N4O4/c1-7-9-18(29-16-28)13-19-17(8-2)12-20(23(3,4)31-19)30-22-14-21(25-15-26-22)24-10-11-27(5)6/h7-8,13-16,20H,1-2,9-12H2,3-6H3,(H,24,25,26)/b18-13+. The number of hydrogen-bond acceptors (Lipinski definition) is 8. The van der Waals surface area contributed by atoms with E-state index in [0.717, 1.165) is 18.7 Å². The zero-order chi connectivity index (χ0) is 22.9. The monoisotopic (exact) mass is 428 g/mol. The van der Waals surface area contributed by atoms with Crippen LogP contribution in [0.5, 0.6) is 5.88 Å². The summed E-state index contributed by atoms with van der Waals surface area (Å²) in [5, 5.41) is 3.26. The zero-order valence-corrected chi connectivity index (χ0v) is 18.8. The Balaban J connectivity index is 2.19. The highest BCUT2D eigenvalue weighted by Gasteiger charge is 2.39. The van der Waals surface area contributed by atoms with Gasteiger partial charge in [-0.2, -0.15) is 0 Å². The summed E-state index contributed by atoms with van der Waals surface area (Å²) in [4.78, 5) is 21.4. The van der Waals surface area contributed by atoms with Crippen LogP contribution < -0.4 is 10.1 Å². The summed E-state index contributed by atoms with van der Waals surface area (Å²) >= 11 is 0. The quantitative estimate of drug-likeness (QED) is 0.308. The first-order chi connectivity index (χ1) is 14.8. The van der Waals surface area contributed by atoms with E-state index in [0.29, 0.717) is 42.5 Å². The minimum atomic E-state index is -0.664. The second-order valence-corrected chi connectivity index (χ2v) is 7.90. The number of anilines is 1. The lowest BCUT2D eigenvalue weighted by atomic mass is 9.90. The van der Waals surface area contributed by atoms with Gasteiger partial charge in [-0.1, -0.05) is 18.7 Å². The fraction of sp³-hybridized carbons (Fsp3) is 0.435. The molecule has 1 atom stereocenters. The molecule has 0 amide bonds. The second-order valence-electron chi connectivity index (χ2n) is 7.90. The Morgan fingerprint density at radius 2 is 2.16 bits per heavy atom. The minimum Gasteiger partial charge on any atom is -0.484 e. The zero-order valence-electron chi connectivity index (χ0n) is 18.8. The first-order valence-corrected chi connectivity index (χ1v) is 10.1. The Hall–Kier alpha value is -3.13. The van der Waals surface area contributed by atoms with Crippen LogP contribution in [0.3, 0.4) is 0 Å². The molecule has 2 rings (SSSR count). The molecular formula is C23H32N4O4. The number of carbonyl (C=O) groups is 1. The molecule has 0 saturated heterocycles. The van der Waals surface area contributed by atoms with Gasteiger partial charge in [-0.15, -0.1) is 6.58 Å². The van der Waals surface area contributed by atoms with Crippen molar-refractivity contribution in [2.45, 2.75) is 38.4 Å². The number of carbonyl (C=O) groups excluding carboxylic acids is 1. The summed E-state index contributed by atoms with van der Waals surface area (Å²) in [6.45, 7) is 13.5. The van der Waals surface area contributed by atoms with E-state index in [2.05, 4.69) is 33.3 Å². The van der Waals surface area contributed by atoms with Gasteiger partial charge in [-0.3, -0.25) is 4.79 Å². The SMILES string of the molecule is C=CC/C(=C\C1=C(C=C)CC(Oc2cc(NCCN(C)C)ncn2)C(C)(C)O1)OC=O. The molecule has 0 fully saturated rings. The van der Waals surface area contributed by atoms with Crippen LogP contribution in [0.1, 0.15) is 26.7 Å². The smallest absolute Gasteiger partial charge is 0.298 e. The van der Waals surface area contributed by atoms with E-state index in [1.54, 1.807) is 24.3 Å². The van der Waals surface area contributed by atoms with E-state index in [4.69, 9.17) is 14.2 Å². The molecule has 1 N–H and O–H groups in total. The summed E-state index contributed by atoms with van der Waals surface area (Å²) < 4.78 is 17.4. The molecule has 2 heterocycles. The van der Waals surface area contributed by atoms with Gasteiger partial charge in [0.2, 0.25) is 5.88 Å². The van der Waals surface area contributed by atoms with Gasteiger partial charge in [-0.25, -0.2) is 9.97 Å². The van der Waals surface area contributed by atoms with Crippen molar-refractivity contribution in [3.63, 3.8) is 0 Å². The van der Waals surface area contributed by atoms with Crippen LogP contribution in [0.2, 0.25) is 0 Å². The highest BCUT2D eigenvalue weighted by atomic mass is 16.6. The van der Waals surface area contributed by atoms with Gasteiger partial charge in [0.25, 0.3) is 6.47 Å². The maximum Gasteiger partial charge on any atom is 0.298 e. The van der Waals surface area contributed by atoms with Gasteiger partial charge < -0.3 is 24.4 Å². The molecule has 0 spiro atoms. The predicted octanol–water partition coefficient (Wildman–Crippen LogP) is 3.47. The van der Waals surface area contributed by atoms with Gasteiger partial charge in [0.05, 0.1) is 0 Å². The van der Waals surface area contributed by atoms with Gasteiger partial charge in [0.15, 0.2) is 0 Å². The molecule has 1 aromatic rings. The topological polar surface area (TPSA) is 85.8 Å².